The molecule has 2 aromatic heterocycles. The van der Waals surface area contributed by atoms with Crippen LogP contribution in [-0.2, 0) is 6.18 Å². The molecule has 0 fully saturated rings. The number of nitrogens with one attached hydrogen (secondary N) is 3. The summed E-state index contributed by atoms with van der Waals surface area (Å²) in [5.41, 5.74) is -0.361. The van der Waals surface area contributed by atoms with Crippen molar-refractivity contribution >= 4 is 22.3 Å². The second-order valence-corrected chi connectivity index (χ2v) is 6.33. The molecule has 0 saturated carbocycles. The van der Waals surface area contributed by atoms with Crippen LogP contribution in [0.2, 0.25) is 0 Å². The Morgan fingerprint density at radius 3 is 2.52 bits per heavy atom. The second kappa shape index (κ2) is 7.06. The van der Waals surface area contributed by atoms with E-state index in [2.05, 4.69) is 20.6 Å². The third-order valence-corrected chi connectivity index (χ3v) is 4.46. The summed E-state index contributed by atoms with van der Waals surface area (Å²) in [5, 5.41) is 5.18. The average molecular weight is 392 g/mol. The molecule has 4 nitrogen and oxygen atoms in total. The van der Waals surface area contributed by atoms with Gasteiger partial charge in [0.05, 0.1) is 11.3 Å². The van der Waals surface area contributed by atoms with E-state index in [9.17, 15) is 26.3 Å². The summed E-state index contributed by atoms with van der Waals surface area (Å²) >= 11 is 0. The molecule has 3 rings (SSSR count). The molecule has 0 unspecified atom stereocenters. The molecule has 0 aromatic carbocycles. The van der Waals surface area contributed by atoms with E-state index in [4.69, 9.17) is 0 Å². The molecule has 0 aliphatic carbocycles. The summed E-state index contributed by atoms with van der Waals surface area (Å²) in [6.45, 7) is 2.57. The van der Waals surface area contributed by atoms with Crippen LogP contribution in [0.15, 0.2) is 18.3 Å². The van der Waals surface area contributed by atoms with E-state index in [1.54, 1.807) is 0 Å². The van der Waals surface area contributed by atoms with Gasteiger partial charge in [0, 0.05) is 23.8 Å². The third kappa shape index (κ3) is 4.05. The lowest BCUT2D eigenvalue weighted by Crippen LogP contribution is -2.36. The molecule has 0 spiro atoms. The molecule has 0 bridgehead atoms. The molecule has 27 heavy (non-hydrogen) atoms. The van der Waals surface area contributed by atoms with Gasteiger partial charge in [-0.1, -0.05) is 13.0 Å². The van der Waals surface area contributed by atoms with Crippen molar-refractivity contribution in [3.63, 3.8) is 0 Å². The number of rotatable bonds is 4. The van der Waals surface area contributed by atoms with Crippen LogP contribution in [-0.4, -0.2) is 35.3 Å². The highest BCUT2D eigenvalue weighted by Crippen LogP contribution is 2.40. The maximum atomic E-state index is 13.4. The van der Waals surface area contributed by atoms with Gasteiger partial charge in [0.1, 0.15) is 11.7 Å². The summed E-state index contributed by atoms with van der Waals surface area (Å²) in [7, 11) is 0. The molecule has 0 radical (unpaired) electrons. The summed E-state index contributed by atoms with van der Waals surface area (Å²) in [6, 6.07) is -0.680. The third-order valence-electron chi connectivity index (χ3n) is 4.46. The molecule has 3 N–H and O–H groups in total. The quantitative estimate of drug-likeness (QED) is 0.661. The molecule has 0 saturated heterocycles. The molecular formula is C17H18F6N4. The predicted octanol–water partition coefficient (Wildman–Crippen LogP) is 4.71. The van der Waals surface area contributed by atoms with Crippen LogP contribution in [0.25, 0.3) is 16.6 Å². The van der Waals surface area contributed by atoms with Crippen molar-refractivity contribution in [3.05, 3.63) is 29.6 Å². The molecule has 1 aliphatic heterocycles. The van der Waals surface area contributed by atoms with Gasteiger partial charge < -0.3 is 15.6 Å². The van der Waals surface area contributed by atoms with Crippen LogP contribution in [0.4, 0.5) is 32.0 Å². The fraction of sp³-hybridized carbons (Fsp3) is 0.471. The fourth-order valence-corrected chi connectivity index (χ4v) is 3.06. The standard InChI is InChI=1S/C17H18F6N4/c1-2-13(17(21,22)23)27-14-10-6-12(9-4-3-5-24-7-9)26-15(10)25-8-11(14)16(18,19)20/h4,6,8,13,24H,2-3,5,7H2,1H3,(H2,25,26,27)/t13-/m0/s1. The summed E-state index contributed by atoms with van der Waals surface area (Å²) < 4.78 is 79.6. The number of pyridine rings is 1. The van der Waals surface area contributed by atoms with Crippen LogP contribution >= 0.6 is 0 Å². The monoisotopic (exact) mass is 392 g/mol. The van der Waals surface area contributed by atoms with Gasteiger partial charge in [-0.15, -0.1) is 0 Å². The number of aromatic nitrogens is 2. The van der Waals surface area contributed by atoms with Crippen molar-refractivity contribution in [2.75, 3.05) is 18.4 Å². The van der Waals surface area contributed by atoms with Crippen LogP contribution in [0.1, 0.15) is 31.0 Å². The van der Waals surface area contributed by atoms with Gasteiger partial charge in [0.2, 0.25) is 0 Å². The fourth-order valence-electron chi connectivity index (χ4n) is 3.06. The van der Waals surface area contributed by atoms with Gasteiger partial charge in [0.15, 0.2) is 0 Å². The maximum Gasteiger partial charge on any atom is 0.419 e. The number of hydrogen-bond acceptors (Lipinski definition) is 3. The Balaban J connectivity index is 2.14. The SMILES string of the molecule is CC[C@H](Nc1c(C(F)(F)F)cnc2[nH]c(C3=CCCNC3)cc12)C(F)(F)F. The van der Waals surface area contributed by atoms with Gasteiger partial charge in [0.25, 0.3) is 0 Å². The van der Waals surface area contributed by atoms with Crippen molar-refractivity contribution in [2.24, 2.45) is 0 Å². The van der Waals surface area contributed by atoms with E-state index < -0.39 is 36.1 Å². The molecule has 10 heteroatoms. The minimum atomic E-state index is -4.84. The van der Waals surface area contributed by atoms with Crippen molar-refractivity contribution in [1.29, 1.82) is 0 Å². The zero-order valence-electron chi connectivity index (χ0n) is 14.4. The zero-order valence-corrected chi connectivity index (χ0v) is 14.4. The van der Waals surface area contributed by atoms with Crippen molar-refractivity contribution in [3.8, 4) is 0 Å². The van der Waals surface area contributed by atoms with Crippen LogP contribution < -0.4 is 10.6 Å². The lowest BCUT2D eigenvalue weighted by atomic mass is 10.1. The first-order valence-corrected chi connectivity index (χ1v) is 8.43. The van der Waals surface area contributed by atoms with E-state index in [1.807, 2.05) is 6.08 Å². The average Bonchev–Trinajstić information content (AvgIpc) is 3.02. The number of halogens is 6. The van der Waals surface area contributed by atoms with Gasteiger partial charge in [-0.2, -0.15) is 26.3 Å². The largest absolute Gasteiger partial charge is 0.419 e. The first kappa shape index (κ1) is 19.5. The van der Waals surface area contributed by atoms with E-state index in [1.165, 1.54) is 13.0 Å². The Morgan fingerprint density at radius 1 is 1.22 bits per heavy atom. The van der Waals surface area contributed by atoms with Gasteiger partial charge in [-0.05, 0) is 31.0 Å². The zero-order chi connectivity index (χ0) is 19.8. The number of anilines is 1. The maximum absolute atomic E-state index is 13.4. The lowest BCUT2D eigenvalue weighted by Gasteiger charge is -2.24. The molecule has 148 valence electrons. The molecule has 1 atom stereocenters. The minimum Gasteiger partial charge on any atom is -0.373 e. The summed E-state index contributed by atoms with van der Waals surface area (Å²) in [5.74, 6) is 0. The van der Waals surface area contributed by atoms with Crippen LogP contribution in [0, 0.1) is 0 Å². The van der Waals surface area contributed by atoms with Gasteiger partial charge in [-0.3, -0.25) is 0 Å². The Labute approximate surface area is 151 Å². The first-order chi connectivity index (χ1) is 12.6. The number of fused-ring (bicyclic) bond motifs is 1. The van der Waals surface area contributed by atoms with E-state index in [-0.39, 0.29) is 11.0 Å². The number of alkyl halides is 6. The summed E-state index contributed by atoms with van der Waals surface area (Å²) in [6.07, 6.45) is -6.68. The van der Waals surface area contributed by atoms with Gasteiger partial charge in [-0.25, -0.2) is 4.98 Å². The highest BCUT2D eigenvalue weighted by Gasteiger charge is 2.41. The highest BCUT2D eigenvalue weighted by atomic mass is 19.4. The van der Waals surface area contributed by atoms with Gasteiger partial charge >= 0.3 is 12.4 Å². The highest BCUT2D eigenvalue weighted by molar-refractivity contribution is 5.94. The Hall–Kier alpha value is -2.23. The number of hydrogen-bond donors (Lipinski definition) is 3. The molecule has 2 aromatic rings. The predicted molar refractivity (Wildman–Crippen MR) is 90.3 cm³/mol. The first-order valence-electron chi connectivity index (χ1n) is 8.43. The second-order valence-electron chi connectivity index (χ2n) is 6.33. The minimum absolute atomic E-state index is 0.0194. The van der Waals surface area contributed by atoms with Crippen molar-refractivity contribution in [2.45, 2.75) is 38.2 Å². The van der Waals surface area contributed by atoms with E-state index >= 15 is 0 Å². The molecule has 1 aliphatic rings. The Bertz CT molecular complexity index is 849. The Morgan fingerprint density at radius 2 is 1.96 bits per heavy atom. The molecule has 3 heterocycles. The van der Waals surface area contributed by atoms with E-state index in [0.29, 0.717) is 18.4 Å². The van der Waals surface area contributed by atoms with Crippen molar-refractivity contribution in [1.82, 2.24) is 15.3 Å². The van der Waals surface area contributed by atoms with Crippen LogP contribution in [0.5, 0.6) is 0 Å². The van der Waals surface area contributed by atoms with E-state index in [0.717, 1.165) is 18.5 Å². The Kier molecular flexibility index (Phi) is 5.11. The summed E-state index contributed by atoms with van der Waals surface area (Å²) in [4.78, 5) is 6.68. The normalized spacial score (nSPS) is 17.1. The molecule has 0 amide bonds. The topological polar surface area (TPSA) is 52.7 Å². The number of H-pyrrole nitrogens is 1. The number of aromatic amines is 1. The van der Waals surface area contributed by atoms with Crippen molar-refractivity contribution < 1.29 is 26.3 Å². The lowest BCUT2D eigenvalue weighted by molar-refractivity contribution is -0.144. The smallest absolute Gasteiger partial charge is 0.373 e. The molecular weight excluding hydrogens is 374 g/mol. The number of nitrogens with zero attached hydrogens (tertiary/aromatic N) is 1. The van der Waals surface area contributed by atoms with Crippen LogP contribution in [0.3, 0.4) is 0 Å².